The van der Waals surface area contributed by atoms with Gasteiger partial charge < -0.3 is 9.47 Å². The molecule has 0 heterocycles. The molecule has 3 nitrogen and oxygen atoms in total. The molecular formula is C12H15O3. The van der Waals surface area contributed by atoms with Gasteiger partial charge in [-0.2, -0.15) is 0 Å². The van der Waals surface area contributed by atoms with Crippen LogP contribution < -0.4 is 0 Å². The van der Waals surface area contributed by atoms with Crippen LogP contribution in [0.1, 0.15) is 19.4 Å². The minimum Gasteiger partial charge on any atom is -0.425 e. The minimum absolute atomic E-state index is 0.513. The maximum absolute atomic E-state index is 10.0. The van der Waals surface area contributed by atoms with Crippen molar-refractivity contribution in [1.29, 1.82) is 0 Å². The van der Waals surface area contributed by atoms with E-state index in [4.69, 9.17) is 4.74 Å². The summed E-state index contributed by atoms with van der Waals surface area (Å²) in [6.07, 6.45) is 0.798. The summed E-state index contributed by atoms with van der Waals surface area (Å²) in [5.41, 5.74) is 1.20. The lowest BCUT2D eigenvalue weighted by molar-refractivity contribution is -0.164. The molecule has 1 radical (unpaired) electrons. The summed E-state index contributed by atoms with van der Waals surface area (Å²) >= 11 is 0. The zero-order valence-corrected chi connectivity index (χ0v) is 9.03. The highest BCUT2D eigenvalue weighted by molar-refractivity contribution is 5.38. The quantitative estimate of drug-likeness (QED) is 0.670. The van der Waals surface area contributed by atoms with E-state index in [-0.39, 0.29) is 0 Å². The monoisotopic (exact) mass is 207 g/mol. The van der Waals surface area contributed by atoms with E-state index in [9.17, 15) is 4.79 Å². The summed E-state index contributed by atoms with van der Waals surface area (Å²) in [5.74, 6) is -0.892. The molecule has 3 heteroatoms. The maximum atomic E-state index is 10.0. The van der Waals surface area contributed by atoms with Crippen LogP contribution in [0.25, 0.3) is 0 Å². The molecule has 0 bridgehead atoms. The van der Waals surface area contributed by atoms with Crippen molar-refractivity contribution in [2.24, 2.45) is 0 Å². The molecule has 0 aromatic heterocycles. The first-order valence-electron chi connectivity index (χ1n) is 4.87. The molecular weight excluding hydrogens is 192 g/mol. The predicted molar refractivity (Wildman–Crippen MR) is 57.0 cm³/mol. The second-order valence-corrected chi connectivity index (χ2v) is 3.67. The van der Waals surface area contributed by atoms with E-state index in [1.807, 2.05) is 30.3 Å². The second-order valence-electron chi connectivity index (χ2n) is 3.67. The van der Waals surface area contributed by atoms with E-state index in [1.165, 1.54) is 12.0 Å². The normalized spacial score (nSPS) is 11.1. The van der Waals surface area contributed by atoms with Gasteiger partial charge in [-0.25, -0.2) is 4.79 Å². The standard InChI is InChI=1S/C12H15O3/c1-12(2,15-10-13)14-9-8-11-6-4-3-5-7-11/h3-7H,8-9H2,1-2H3. The third-order valence-electron chi connectivity index (χ3n) is 1.97. The predicted octanol–water partition coefficient (Wildman–Crippen LogP) is 2.07. The lowest BCUT2D eigenvalue weighted by Gasteiger charge is -2.22. The molecule has 0 unspecified atom stereocenters. The molecule has 0 aliphatic carbocycles. The van der Waals surface area contributed by atoms with E-state index in [2.05, 4.69) is 4.74 Å². The SMILES string of the molecule is CC(C)(O[C]=O)OCCc1ccccc1. The Labute approximate surface area is 90.0 Å². The van der Waals surface area contributed by atoms with Gasteiger partial charge in [-0.05, 0) is 12.0 Å². The highest BCUT2D eigenvalue weighted by Gasteiger charge is 2.19. The number of ether oxygens (including phenoxy) is 2. The molecule has 0 N–H and O–H groups in total. The zero-order valence-electron chi connectivity index (χ0n) is 9.03. The van der Waals surface area contributed by atoms with E-state index in [1.54, 1.807) is 13.8 Å². The Bertz CT molecular complexity index is 293. The summed E-state index contributed by atoms with van der Waals surface area (Å²) in [4.78, 5) is 10.0. The molecule has 0 spiro atoms. The zero-order chi connectivity index (χ0) is 11.1. The van der Waals surface area contributed by atoms with Gasteiger partial charge in [0.2, 0.25) is 5.79 Å². The van der Waals surface area contributed by atoms with Gasteiger partial charge in [-0.15, -0.1) is 0 Å². The molecule has 15 heavy (non-hydrogen) atoms. The van der Waals surface area contributed by atoms with Crippen LogP contribution in [0, 0.1) is 0 Å². The molecule has 0 amide bonds. The van der Waals surface area contributed by atoms with Crippen molar-refractivity contribution < 1.29 is 14.3 Å². The Morgan fingerprint density at radius 3 is 2.53 bits per heavy atom. The summed E-state index contributed by atoms with van der Waals surface area (Å²) in [6.45, 7) is 5.26. The van der Waals surface area contributed by atoms with Crippen molar-refractivity contribution >= 4 is 6.47 Å². The molecule has 81 valence electrons. The fraction of sp³-hybridized carbons (Fsp3) is 0.417. The van der Waals surface area contributed by atoms with E-state index in [0.29, 0.717) is 6.61 Å². The van der Waals surface area contributed by atoms with Crippen molar-refractivity contribution in [1.82, 2.24) is 0 Å². The Kier molecular flexibility index (Phi) is 4.31. The Morgan fingerprint density at radius 1 is 1.27 bits per heavy atom. The van der Waals surface area contributed by atoms with E-state index in [0.717, 1.165) is 6.42 Å². The van der Waals surface area contributed by atoms with Gasteiger partial charge in [-0.3, -0.25) is 0 Å². The average Bonchev–Trinajstić information content (AvgIpc) is 2.19. The second kappa shape index (κ2) is 5.51. The van der Waals surface area contributed by atoms with E-state index >= 15 is 0 Å². The van der Waals surface area contributed by atoms with Gasteiger partial charge >= 0.3 is 6.47 Å². The van der Waals surface area contributed by atoms with Gasteiger partial charge in [0, 0.05) is 13.8 Å². The lowest BCUT2D eigenvalue weighted by atomic mass is 10.2. The molecule has 0 saturated carbocycles. The van der Waals surface area contributed by atoms with E-state index < -0.39 is 5.79 Å². The third kappa shape index (κ3) is 4.61. The largest absolute Gasteiger partial charge is 0.425 e. The number of rotatable bonds is 6. The smallest absolute Gasteiger partial charge is 0.420 e. The number of hydrogen-bond acceptors (Lipinski definition) is 3. The van der Waals surface area contributed by atoms with Gasteiger partial charge in [0.15, 0.2) is 0 Å². The molecule has 0 aliphatic rings. The molecule has 1 aromatic rings. The van der Waals surface area contributed by atoms with Crippen LogP contribution in [0.5, 0.6) is 0 Å². The van der Waals surface area contributed by atoms with Crippen molar-refractivity contribution in [2.45, 2.75) is 26.1 Å². The molecule has 0 saturated heterocycles. The number of benzene rings is 1. The van der Waals surface area contributed by atoms with Crippen molar-refractivity contribution in [3.05, 3.63) is 35.9 Å². The number of carbonyl (C=O) groups excluding carboxylic acids is 1. The highest BCUT2D eigenvalue weighted by atomic mass is 16.7. The summed E-state index contributed by atoms with van der Waals surface area (Å²) in [7, 11) is 0. The first-order chi connectivity index (χ1) is 7.14. The first-order valence-corrected chi connectivity index (χ1v) is 4.87. The van der Waals surface area contributed by atoms with Crippen molar-refractivity contribution in [3.8, 4) is 0 Å². The lowest BCUT2D eigenvalue weighted by Crippen LogP contribution is -2.28. The molecule has 1 rings (SSSR count). The van der Waals surface area contributed by atoms with Gasteiger partial charge in [0.05, 0.1) is 6.61 Å². The van der Waals surface area contributed by atoms with Crippen LogP contribution in [0.2, 0.25) is 0 Å². The van der Waals surface area contributed by atoms with Gasteiger partial charge in [0.25, 0.3) is 0 Å². The summed E-state index contributed by atoms with van der Waals surface area (Å²) in [6, 6.07) is 10.00. The molecule has 1 aromatic carbocycles. The van der Waals surface area contributed by atoms with Crippen molar-refractivity contribution in [2.75, 3.05) is 6.61 Å². The highest BCUT2D eigenvalue weighted by Crippen LogP contribution is 2.10. The first kappa shape index (κ1) is 11.7. The maximum Gasteiger partial charge on any atom is 0.420 e. The molecule has 0 aliphatic heterocycles. The van der Waals surface area contributed by atoms with Gasteiger partial charge in [0.1, 0.15) is 0 Å². The van der Waals surface area contributed by atoms with Gasteiger partial charge in [-0.1, -0.05) is 30.3 Å². The van der Waals surface area contributed by atoms with Crippen molar-refractivity contribution in [3.63, 3.8) is 0 Å². The Morgan fingerprint density at radius 2 is 1.93 bits per heavy atom. The molecule has 0 fully saturated rings. The molecule has 0 atom stereocenters. The fourth-order valence-electron chi connectivity index (χ4n) is 1.19. The summed E-state index contributed by atoms with van der Waals surface area (Å²) < 4.78 is 10.0. The van der Waals surface area contributed by atoms with Crippen LogP contribution in [-0.2, 0) is 20.7 Å². The Balaban J connectivity index is 2.30. The van der Waals surface area contributed by atoms with Crippen LogP contribution in [0.4, 0.5) is 0 Å². The van der Waals surface area contributed by atoms with Crippen LogP contribution in [-0.4, -0.2) is 18.9 Å². The summed E-state index contributed by atoms with van der Waals surface area (Å²) in [5, 5.41) is 0. The van der Waals surface area contributed by atoms with Crippen LogP contribution >= 0.6 is 0 Å². The average molecular weight is 207 g/mol. The number of hydrogen-bond donors (Lipinski definition) is 0. The Hall–Kier alpha value is -1.35. The van der Waals surface area contributed by atoms with Crippen LogP contribution in [0.3, 0.4) is 0 Å². The topological polar surface area (TPSA) is 35.5 Å². The fourth-order valence-corrected chi connectivity index (χ4v) is 1.19. The third-order valence-corrected chi connectivity index (χ3v) is 1.97. The minimum atomic E-state index is -0.892. The van der Waals surface area contributed by atoms with Crippen LogP contribution in [0.15, 0.2) is 30.3 Å².